The number of piperidine rings is 1. The molecule has 0 saturated carbocycles. The van der Waals surface area contributed by atoms with Crippen LogP contribution in [-0.2, 0) is 22.4 Å². The number of hydrogen-bond acceptors (Lipinski definition) is 5. The molecule has 2 saturated heterocycles. The Balaban J connectivity index is 1.32. The molecule has 0 radical (unpaired) electrons. The maximum absolute atomic E-state index is 12.5. The Morgan fingerprint density at radius 1 is 1.12 bits per heavy atom. The summed E-state index contributed by atoms with van der Waals surface area (Å²) in [4.78, 5) is 14.4. The van der Waals surface area contributed by atoms with Crippen molar-refractivity contribution >= 4 is 11.6 Å². The molecule has 0 N–H and O–H groups in total. The summed E-state index contributed by atoms with van der Waals surface area (Å²) in [7, 11) is 0. The first-order valence-corrected chi connectivity index (χ1v) is 9.44. The normalized spacial score (nSPS) is 24.2. The number of carbonyl (C=O) groups is 1. The first-order valence-electron chi connectivity index (χ1n) is 9.44. The van der Waals surface area contributed by atoms with Crippen LogP contribution in [0.3, 0.4) is 0 Å². The van der Waals surface area contributed by atoms with Crippen molar-refractivity contribution in [3.05, 3.63) is 23.1 Å². The Kier molecular flexibility index (Phi) is 3.69. The second kappa shape index (κ2) is 6.05. The minimum atomic E-state index is -0.213. The van der Waals surface area contributed by atoms with E-state index in [1.165, 1.54) is 17.7 Å². The van der Waals surface area contributed by atoms with Crippen molar-refractivity contribution in [3.8, 4) is 0 Å². The van der Waals surface area contributed by atoms with Gasteiger partial charge in [-0.25, -0.2) is 0 Å². The van der Waals surface area contributed by atoms with Crippen molar-refractivity contribution < 1.29 is 9.53 Å². The molecule has 1 amide bonds. The summed E-state index contributed by atoms with van der Waals surface area (Å²) < 4.78 is 7.48. The van der Waals surface area contributed by atoms with E-state index in [4.69, 9.17) is 9.84 Å². The van der Waals surface area contributed by atoms with Gasteiger partial charge in [0, 0.05) is 25.6 Å². The van der Waals surface area contributed by atoms with E-state index in [-0.39, 0.29) is 12.0 Å². The van der Waals surface area contributed by atoms with E-state index >= 15 is 0 Å². The monoisotopic (exact) mass is 341 g/mol. The summed E-state index contributed by atoms with van der Waals surface area (Å²) in [6, 6.07) is 2.14. The lowest BCUT2D eigenvalue weighted by Crippen LogP contribution is -2.43. The van der Waals surface area contributed by atoms with E-state index in [2.05, 4.69) is 16.3 Å². The predicted molar refractivity (Wildman–Crippen MR) is 90.3 cm³/mol. The average molecular weight is 341 g/mol. The van der Waals surface area contributed by atoms with E-state index in [0.29, 0.717) is 12.5 Å². The summed E-state index contributed by atoms with van der Waals surface area (Å²) in [5, 5.41) is 13.6. The molecule has 2 aromatic rings. The Bertz CT molecular complexity index is 803. The number of carbonyl (C=O) groups excluding carboxylic acids is 1. The van der Waals surface area contributed by atoms with Crippen LogP contribution in [0, 0.1) is 0 Å². The van der Waals surface area contributed by atoms with Crippen molar-refractivity contribution in [2.75, 3.05) is 19.7 Å². The van der Waals surface area contributed by atoms with Gasteiger partial charge in [-0.1, -0.05) is 0 Å². The minimum absolute atomic E-state index is 0.165. The van der Waals surface area contributed by atoms with Gasteiger partial charge in [0.25, 0.3) is 5.91 Å². The molecular weight excluding hydrogens is 318 g/mol. The molecule has 2 aromatic heterocycles. The number of aromatic nitrogens is 4. The van der Waals surface area contributed by atoms with Crippen LogP contribution in [0.5, 0.6) is 0 Å². The van der Waals surface area contributed by atoms with Crippen molar-refractivity contribution in [2.45, 2.75) is 57.0 Å². The lowest BCUT2D eigenvalue weighted by Gasteiger charge is -2.32. The number of likely N-dealkylation sites (tertiary alicyclic amines) is 1. The minimum Gasteiger partial charge on any atom is -0.368 e. The number of aryl methyl sites for hydroxylation is 2. The zero-order valence-corrected chi connectivity index (χ0v) is 14.4. The quantitative estimate of drug-likeness (QED) is 0.828. The Hall–Kier alpha value is -2.02. The Labute approximate surface area is 146 Å². The summed E-state index contributed by atoms with van der Waals surface area (Å²) >= 11 is 0. The lowest BCUT2D eigenvalue weighted by molar-refractivity contribution is -0.142. The maximum atomic E-state index is 12.5. The van der Waals surface area contributed by atoms with Crippen LogP contribution >= 0.6 is 0 Å². The molecule has 7 nitrogen and oxygen atoms in total. The molecule has 25 heavy (non-hydrogen) atoms. The van der Waals surface area contributed by atoms with Gasteiger partial charge in [0.15, 0.2) is 11.5 Å². The maximum Gasteiger partial charge on any atom is 0.251 e. The van der Waals surface area contributed by atoms with Crippen LogP contribution in [0.1, 0.15) is 55.1 Å². The SMILES string of the molecule is O=C(C1CCCO1)N1CCC(c2nnc3cc4c(nn23)CCC4)CC1. The summed E-state index contributed by atoms with van der Waals surface area (Å²) in [5.41, 5.74) is 3.37. The number of ether oxygens (including phenoxy) is 1. The molecule has 1 unspecified atom stereocenters. The topological polar surface area (TPSA) is 72.6 Å². The van der Waals surface area contributed by atoms with Crippen LogP contribution in [0.15, 0.2) is 6.07 Å². The van der Waals surface area contributed by atoms with Gasteiger partial charge >= 0.3 is 0 Å². The highest BCUT2D eigenvalue weighted by Crippen LogP contribution is 2.29. The van der Waals surface area contributed by atoms with E-state index in [9.17, 15) is 4.79 Å². The number of rotatable bonds is 2. The molecule has 0 bridgehead atoms. The van der Waals surface area contributed by atoms with E-state index in [0.717, 1.165) is 63.1 Å². The molecule has 0 aromatic carbocycles. The van der Waals surface area contributed by atoms with Gasteiger partial charge in [-0.05, 0) is 56.6 Å². The fourth-order valence-electron chi connectivity index (χ4n) is 4.38. The number of nitrogens with zero attached hydrogens (tertiary/aromatic N) is 5. The molecule has 132 valence electrons. The molecule has 2 fully saturated rings. The summed E-state index contributed by atoms with van der Waals surface area (Å²) in [6.07, 6.45) is 6.81. The molecule has 7 heteroatoms. The summed E-state index contributed by atoms with van der Waals surface area (Å²) in [6.45, 7) is 2.25. The molecule has 4 heterocycles. The van der Waals surface area contributed by atoms with Gasteiger partial charge in [0.2, 0.25) is 0 Å². The highest BCUT2D eigenvalue weighted by atomic mass is 16.5. The van der Waals surface area contributed by atoms with Gasteiger partial charge < -0.3 is 9.64 Å². The number of fused-ring (bicyclic) bond motifs is 2. The fourth-order valence-corrected chi connectivity index (χ4v) is 4.38. The first kappa shape index (κ1) is 15.3. The number of amides is 1. The Morgan fingerprint density at radius 3 is 2.80 bits per heavy atom. The van der Waals surface area contributed by atoms with Gasteiger partial charge in [0.05, 0.1) is 5.69 Å². The number of hydrogen-bond donors (Lipinski definition) is 0. The van der Waals surface area contributed by atoms with Gasteiger partial charge in [0.1, 0.15) is 6.10 Å². The molecular formula is C18H23N5O2. The van der Waals surface area contributed by atoms with Crippen molar-refractivity contribution in [2.24, 2.45) is 0 Å². The van der Waals surface area contributed by atoms with Crippen LogP contribution in [-0.4, -0.2) is 56.4 Å². The highest BCUT2D eigenvalue weighted by Gasteiger charge is 2.32. The van der Waals surface area contributed by atoms with E-state index < -0.39 is 0 Å². The molecule has 1 atom stereocenters. The average Bonchev–Trinajstić information content (AvgIpc) is 3.39. The third-order valence-electron chi connectivity index (χ3n) is 5.82. The largest absolute Gasteiger partial charge is 0.368 e. The predicted octanol–water partition coefficient (Wildman–Crippen LogP) is 1.50. The van der Waals surface area contributed by atoms with E-state index in [1.807, 2.05) is 9.42 Å². The second-order valence-corrected chi connectivity index (χ2v) is 7.40. The van der Waals surface area contributed by atoms with Crippen molar-refractivity contribution in [3.63, 3.8) is 0 Å². The molecule has 2 aliphatic heterocycles. The molecule has 5 rings (SSSR count). The zero-order valence-electron chi connectivity index (χ0n) is 14.4. The smallest absolute Gasteiger partial charge is 0.251 e. The van der Waals surface area contributed by atoms with Crippen molar-refractivity contribution in [1.29, 1.82) is 0 Å². The lowest BCUT2D eigenvalue weighted by atomic mass is 9.95. The standard InChI is InChI=1S/C18H23N5O2/c24-18(15-5-2-10-25-15)22-8-6-12(7-9-22)17-20-19-16-11-13-3-1-4-14(13)21-23(16)17/h11-12,15H,1-10H2. The van der Waals surface area contributed by atoms with Crippen LogP contribution in [0.2, 0.25) is 0 Å². The second-order valence-electron chi connectivity index (χ2n) is 7.40. The fraction of sp³-hybridized carbons (Fsp3) is 0.667. The van der Waals surface area contributed by atoms with Crippen LogP contribution in [0.25, 0.3) is 5.65 Å². The van der Waals surface area contributed by atoms with Gasteiger partial charge in [-0.15, -0.1) is 10.2 Å². The van der Waals surface area contributed by atoms with Gasteiger partial charge in [-0.2, -0.15) is 9.61 Å². The Morgan fingerprint density at radius 2 is 2.00 bits per heavy atom. The third kappa shape index (κ3) is 2.61. The highest BCUT2D eigenvalue weighted by molar-refractivity contribution is 5.81. The molecule has 3 aliphatic rings. The van der Waals surface area contributed by atoms with Crippen LogP contribution < -0.4 is 0 Å². The van der Waals surface area contributed by atoms with Crippen molar-refractivity contribution in [1.82, 2.24) is 24.7 Å². The van der Waals surface area contributed by atoms with Gasteiger partial charge in [-0.3, -0.25) is 4.79 Å². The molecule has 0 spiro atoms. The zero-order chi connectivity index (χ0) is 16.8. The van der Waals surface area contributed by atoms with E-state index in [1.54, 1.807) is 0 Å². The first-order chi connectivity index (χ1) is 12.3. The molecule has 1 aliphatic carbocycles. The van der Waals surface area contributed by atoms with Crippen LogP contribution in [0.4, 0.5) is 0 Å². The summed E-state index contributed by atoms with van der Waals surface area (Å²) in [5.74, 6) is 1.43. The third-order valence-corrected chi connectivity index (χ3v) is 5.82.